The standard InChI is InChI=1S/C16H23ClN2O2.ClH/c1-21-12-16(6-9-18-10-7-16)15(20)19-8-5-13-3-2-4-14(17)11-13;/h2-4,11,18H,5-10,12H2,1H3,(H,19,20);1H. The second-order valence-electron chi connectivity index (χ2n) is 5.60. The summed E-state index contributed by atoms with van der Waals surface area (Å²) in [5.41, 5.74) is 0.753. The number of benzene rings is 1. The van der Waals surface area contributed by atoms with Gasteiger partial charge in [-0.3, -0.25) is 4.79 Å². The van der Waals surface area contributed by atoms with Crippen LogP contribution < -0.4 is 10.6 Å². The van der Waals surface area contributed by atoms with Crippen LogP contribution in [0.2, 0.25) is 5.02 Å². The molecule has 1 aliphatic rings. The summed E-state index contributed by atoms with van der Waals surface area (Å²) in [6.45, 7) is 2.84. The third-order valence-corrected chi connectivity index (χ3v) is 4.29. The molecule has 1 fully saturated rings. The summed E-state index contributed by atoms with van der Waals surface area (Å²) in [7, 11) is 1.66. The quantitative estimate of drug-likeness (QED) is 0.831. The minimum atomic E-state index is -0.381. The molecule has 0 aromatic heterocycles. The van der Waals surface area contributed by atoms with Gasteiger partial charge in [0.25, 0.3) is 0 Å². The van der Waals surface area contributed by atoms with E-state index < -0.39 is 0 Å². The molecular weight excluding hydrogens is 323 g/mol. The lowest BCUT2D eigenvalue weighted by Crippen LogP contribution is -2.50. The SMILES string of the molecule is COCC1(C(=O)NCCc2cccc(Cl)c2)CCNCC1.Cl. The van der Waals surface area contributed by atoms with E-state index in [1.807, 2.05) is 24.3 Å². The van der Waals surface area contributed by atoms with Gasteiger partial charge in [0, 0.05) is 18.7 Å². The number of carbonyl (C=O) groups is 1. The van der Waals surface area contributed by atoms with Gasteiger partial charge in [-0.25, -0.2) is 0 Å². The minimum absolute atomic E-state index is 0. The number of hydrogen-bond donors (Lipinski definition) is 2. The number of methoxy groups -OCH3 is 1. The Labute approximate surface area is 143 Å². The molecule has 22 heavy (non-hydrogen) atoms. The lowest BCUT2D eigenvalue weighted by atomic mass is 9.78. The zero-order valence-electron chi connectivity index (χ0n) is 12.9. The lowest BCUT2D eigenvalue weighted by Gasteiger charge is -2.35. The van der Waals surface area contributed by atoms with Crippen molar-refractivity contribution in [3.8, 4) is 0 Å². The number of rotatable bonds is 6. The molecule has 6 heteroatoms. The fourth-order valence-electron chi connectivity index (χ4n) is 2.82. The number of amides is 1. The van der Waals surface area contributed by atoms with E-state index in [0.29, 0.717) is 13.2 Å². The molecule has 4 nitrogen and oxygen atoms in total. The van der Waals surface area contributed by atoms with Crippen molar-refractivity contribution in [2.75, 3.05) is 33.4 Å². The van der Waals surface area contributed by atoms with E-state index in [-0.39, 0.29) is 23.7 Å². The lowest BCUT2D eigenvalue weighted by molar-refractivity contribution is -0.136. The second kappa shape index (κ2) is 9.36. The smallest absolute Gasteiger partial charge is 0.228 e. The molecule has 0 unspecified atom stereocenters. The highest BCUT2D eigenvalue weighted by molar-refractivity contribution is 6.30. The first kappa shape index (κ1) is 19.2. The van der Waals surface area contributed by atoms with Crippen LogP contribution in [0.5, 0.6) is 0 Å². The van der Waals surface area contributed by atoms with Crippen LogP contribution in [0.1, 0.15) is 18.4 Å². The van der Waals surface area contributed by atoms with Gasteiger partial charge in [0.1, 0.15) is 0 Å². The van der Waals surface area contributed by atoms with Crippen molar-refractivity contribution >= 4 is 29.9 Å². The van der Waals surface area contributed by atoms with Crippen LogP contribution in [0.4, 0.5) is 0 Å². The fraction of sp³-hybridized carbons (Fsp3) is 0.562. The van der Waals surface area contributed by atoms with Crippen molar-refractivity contribution in [3.63, 3.8) is 0 Å². The van der Waals surface area contributed by atoms with Crippen molar-refractivity contribution in [2.45, 2.75) is 19.3 Å². The summed E-state index contributed by atoms with van der Waals surface area (Å²) in [6.07, 6.45) is 2.43. The van der Waals surface area contributed by atoms with Gasteiger partial charge in [-0.15, -0.1) is 12.4 Å². The normalized spacial score (nSPS) is 16.6. The van der Waals surface area contributed by atoms with Gasteiger partial charge in [-0.05, 0) is 50.0 Å². The predicted octanol–water partition coefficient (Wildman–Crippen LogP) is 2.44. The Hall–Kier alpha value is -0.810. The van der Waals surface area contributed by atoms with E-state index in [0.717, 1.165) is 42.9 Å². The molecule has 1 heterocycles. The Kier molecular flexibility index (Phi) is 8.18. The van der Waals surface area contributed by atoms with Gasteiger partial charge in [-0.2, -0.15) is 0 Å². The summed E-state index contributed by atoms with van der Waals surface area (Å²) >= 11 is 5.96. The summed E-state index contributed by atoms with van der Waals surface area (Å²) in [5, 5.41) is 7.08. The van der Waals surface area contributed by atoms with Gasteiger partial charge in [0.2, 0.25) is 5.91 Å². The second-order valence-corrected chi connectivity index (χ2v) is 6.04. The highest BCUT2D eigenvalue weighted by Gasteiger charge is 2.39. The summed E-state index contributed by atoms with van der Waals surface area (Å²) < 4.78 is 5.28. The number of carbonyl (C=O) groups excluding carboxylic acids is 1. The first-order valence-electron chi connectivity index (χ1n) is 7.39. The van der Waals surface area contributed by atoms with Crippen LogP contribution in [0, 0.1) is 5.41 Å². The van der Waals surface area contributed by atoms with E-state index in [4.69, 9.17) is 16.3 Å². The monoisotopic (exact) mass is 346 g/mol. The van der Waals surface area contributed by atoms with Crippen LogP contribution in [-0.2, 0) is 16.0 Å². The molecule has 0 saturated carbocycles. The minimum Gasteiger partial charge on any atom is -0.384 e. The van der Waals surface area contributed by atoms with Crippen LogP contribution in [0.25, 0.3) is 0 Å². The molecule has 2 rings (SSSR count). The van der Waals surface area contributed by atoms with Gasteiger partial charge in [0.05, 0.1) is 12.0 Å². The zero-order valence-corrected chi connectivity index (χ0v) is 14.4. The summed E-state index contributed by atoms with van der Waals surface area (Å²) in [5.74, 6) is 0.105. The van der Waals surface area contributed by atoms with Crippen LogP contribution in [-0.4, -0.2) is 39.3 Å². The number of ether oxygens (including phenoxy) is 1. The Bertz CT molecular complexity index is 471. The topological polar surface area (TPSA) is 50.4 Å². The van der Waals surface area contributed by atoms with Crippen molar-refractivity contribution < 1.29 is 9.53 Å². The van der Waals surface area contributed by atoms with Crippen LogP contribution in [0.15, 0.2) is 24.3 Å². The molecule has 0 atom stereocenters. The zero-order chi connectivity index (χ0) is 15.1. The van der Waals surface area contributed by atoms with E-state index in [2.05, 4.69) is 10.6 Å². The third kappa shape index (κ3) is 5.13. The average Bonchev–Trinajstić information content (AvgIpc) is 2.48. The summed E-state index contributed by atoms with van der Waals surface area (Å²) in [4.78, 5) is 12.5. The van der Waals surface area contributed by atoms with Crippen LogP contribution >= 0.6 is 24.0 Å². The maximum absolute atomic E-state index is 12.5. The molecular formula is C16H24Cl2N2O2. The predicted molar refractivity (Wildman–Crippen MR) is 91.8 cm³/mol. The van der Waals surface area contributed by atoms with Crippen molar-refractivity contribution in [2.24, 2.45) is 5.41 Å². The van der Waals surface area contributed by atoms with E-state index >= 15 is 0 Å². The fourth-order valence-corrected chi connectivity index (χ4v) is 3.03. The Morgan fingerprint density at radius 3 is 2.77 bits per heavy atom. The first-order valence-corrected chi connectivity index (χ1v) is 7.76. The molecule has 1 aromatic carbocycles. The van der Waals surface area contributed by atoms with Gasteiger partial charge >= 0.3 is 0 Å². The maximum atomic E-state index is 12.5. The molecule has 1 amide bonds. The maximum Gasteiger partial charge on any atom is 0.228 e. The Balaban J connectivity index is 0.00000242. The third-order valence-electron chi connectivity index (χ3n) is 4.05. The molecule has 1 aromatic rings. The van der Waals surface area contributed by atoms with E-state index in [9.17, 15) is 4.79 Å². The number of nitrogens with one attached hydrogen (secondary N) is 2. The number of piperidine rings is 1. The molecule has 1 aliphatic heterocycles. The van der Waals surface area contributed by atoms with Gasteiger partial charge in [-0.1, -0.05) is 23.7 Å². The Morgan fingerprint density at radius 1 is 1.41 bits per heavy atom. The largest absolute Gasteiger partial charge is 0.384 e. The van der Waals surface area contributed by atoms with Crippen molar-refractivity contribution in [1.82, 2.24) is 10.6 Å². The van der Waals surface area contributed by atoms with E-state index in [1.54, 1.807) is 7.11 Å². The Morgan fingerprint density at radius 2 is 2.14 bits per heavy atom. The first-order chi connectivity index (χ1) is 10.2. The van der Waals surface area contributed by atoms with E-state index in [1.165, 1.54) is 0 Å². The van der Waals surface area contributed by atoms with Crippen molar-refractivity contribution in [3.05, 3.63) is 34.9 Å². The molecule has 2 N–H and O–H groups in total. The number of halogens is 2. The highest BCUT2D eigenvalue weighted by atomic mass is 35.5. The molecule has 1 saturated heterocycles. The molecule has 124 valence electrons. The molecule has 0 bridgehead atoms. The molecule has 0 aliphatic carbocycles. The molecule has 0 radical (unpaired) electrons. The van der Waals surface area contributed by atoms with Crippen LogP contribution in [0.3, 0.4) is 0 Å². The van der Waals surface area contributed by atoms with Gasteiger partial charge in [0.15, 0.2) is 0 Å². The average molecular weight is 347 g/mol. The molecule has 0 spiro atoms. The van der Waals surface area contributed by atoms with Crippen molar-refractivity contribution in [1.29, 1.82) is 0 Å². The number of hydrogen-bond acceptors (Lipinski definition) is 3. The highest BCUT2D eigenvalue weighted by Crippen LogP contribution is 2.29. The van der Waals surface area contributed by atoms with Gasteiger partial charge < -0.3 is 15.4 Å². The summed E-state index contributed by atoms with van der Waals surface area (Å²) in [6, 6.07) is 7.74.